The second-order valence-electron chi connectivity index (χ2n) is 6.38. The lowest BCUT2D eigenvalue weighted by Crippen LogP contribution is -2.06. The predicted octanol–water partition coefficient (Wildman–Crippen LogP) is 4.68. The van der Waals surface area contributed by atoms with Gasteiger partial charge in [-0.2, -0.15) is 13.2 Å². The fraction of sp³-hybridized carbons (Fsp3) is 0.174. The van der Waals surface area contributed by atoms with Crippen LogP contribution in [-0.2, 0) is 17.5 Å². The van der Waals surface area contributed by atoms with E-state index in [9.17, 15) is 18.0 Å². The van der Waals surface area contributed by atoms with Gasteiger partial charge in [-0.15, -0.1) is 0 Å². The van der Waals surface area contributed by atoms with E-state index in [2.05, 4.69) is 27.1 Å². The van der Waals surface area contributed by atoms with Gasteiger partial charge < -0.3 is 10.1 Å². The number of nitrogens with zero attached hydrogens (tertiary/aromatic N) is 2. The third-order valence-corrected chi connectivity index (χ3v) is 4.19. The molecule has 0 unspecified atom stereocenters. The average Bonchev–Trinajstić information content (AvgIpc) is 2.77. The van der Waals surface area contributed by atoms with E-state index in [-0.39, 0.29) is 5.97 Å². The zero-order valence-corrected chi connectivity index (χ0v) is 16.5. The normalized spacial score (nSPS) is 10.7. The van der Waals surface area contributed by atoms with Crippen LogP contribution in [0.5, 0.6) is 0 Å². The lowest BCUT2D eigenvalue weighted by Gasteiger charge is -2.08. The van der Waals surface area contributed by atoms with Crippen molar-refractivity contribution in [2.75, 3.05) is 11.9 Å². The third-order valence-electron chi connectivity index (χ3n) is 4.19. The molecular formula is C23H18F3N3O2. The number of rotatable bonds is 5. The summed E-state index contributed by atoms with van der Waals surface area (Å²) in [5, 5.41) is 3.15. The number of carbonyl (C=O) groups is 1. The Morgan fingerprint density at radius 3 is 2.42 bits per heavy atom. The van der Waals surface area contributed by atoms with Crippen molar-refractivity contribution >= 4 is 11.8 Å². The van der Waals surface area contributed by atoms with Crippen LogP contribution in [0, 0.1) is 11.8 Å². The number of hydrogen-bond acceptors (Lipinski definition) is 5. The summed E-state index contributed by atoms with van der Waals surface area (Å²) < 4.78 is 42.9. The quantitative estimate of drug-likeness (QED) is 0.475. The van der Waals surface area contributed by atoms with Crippen molar-refractivity contribution in [3.63, 3.8) is 0 Å². The first-order valence-electron chi connectivity index (χ1n) is 9.36. The topological polar surface area (TPSA) is 64.1 Å². The van der Waals surface area contributed by atoms with Gasteiger partial charge >= 0.3 is 12.1 Å². The van der Waals surface area contributed by atoms with Crippen molar-refractivity contribution in [2.45, 2.75) is 19.6 Å². The van der Waals surface area contributed by atoms with Gasteiger partial charge in [0.15, 0.2) is 0 Å². The summed E-state index contributed by atoms with van der Waals surface area (Å²) >= 11 is 0. The molecule has 0 atom stereocenters. The molecule has 8 heteroatoms. The summed E-state index contributed by atoms with van der Waals surface area (Å²) in [7, 11) is 0. The molecule has 2 aromatic carbocycles. The number of esters is 1. The monoisotopic (exact) mass is 425 g/mol. The van der Waals surface area contributed by atoms with Crippen LogP contribution in [0.4, 0.5) is 19.0 Å². The van der Waals surface area contributed by atoms with Crippen LogP contribution in [0.1, 0.15) is 39.5 Å². The van der Waals surface area contributed by atoms with Crippen LogP contribution in [0.25, 0.3) is 0 Å². The molecule has 3 rings (SSSR count). The van der Waals surface area contributed by atoms with Crippen LogP contribution < -0.4 is 5.32 Å². The molecule has 5 nitrogen and oxygen atoms in total. The Labute approximate surface area is 177 Å². The molecule has 0 aliphatic rings. The van der Waals surface area contributed by atoms with Crippen LogP contribution in [0.15, 0.2) is 61.1 Å². The summed E-state index contributed by atoms with van der Waals surface area (Å²) in [4.78, 5) is 19.8. The molecule has 0 amide bonds. The number of carbonyl (C=O) groups excluding carboxylic acids is 1. The first kappa shape index (κ1) is 21.8. The van der Waals surface area contributed by atoms with Gasteiger partial charge in [0.25, 0.3) is 0 Å². The number of nitrogens with one attached hydrogen (secondary N) is 1. The molecule has 0 radical (unpaired) electrons. The summed E-state index contributed by atoms with van der Waals surface area (Å²) in [6.45, 7) is 2.48. The highest BCUT2D eigenvalue weighted by Gasteiger charge is 2.29. The highest BCUT2D eigenvalue weighted by atomic mass is 19.4. The van der Waals surface area contributed by atoms with Gasteiger partial charge in [-0.3, -0.25) is 0 Å². The second-order valence-corrected chi connectivity index (χ2v) is 6.38. The number of benzene rings is 2. The number of ether oxygens (including phenoxy) is 1. The van der Waals surface area contributed by atoms with Gasteiger partial charge in [-0.25, -0.2) is 14.8 Å². The minimum absolute atomic E-state index is 0.312. The zero-order chi connectivity index (χ0) is 22.3. The third kappa shape index (κ3) is 6.06. The largest absolute Gasteiger partial charge is 0.462 e. The molecule has 0 aliphatic carbocycles. The SMILES string of the molecule is CCOC(=O)c1ccc(CNc2ncncc2C#Cc2ccc(C(F)(F)F)cc2)cc1. The number of aromatic nitrogens is 2. The van der Waals surface area contributed by atoms with Gasteiger partial charge in [0.05, 0.1) is 23.3 Å². The standard InChI is InChI=1S/C23H18F3N3O2/c1-2-31-22(30)18-8-4-17(5-9-18)13-28-21-19(14-27-15-29-21)10-3-16-6-11-20(12-7-16)23(24,25)26/h4-9,11-12,14-15H,2,13H2,1H3,(H,27,28,29). The van der Waals surface area contributed by atoms with Crippen LogP contribution >= 0.6 is 0 Å². The maximum atomic E-state index is 12.7. The lowest BCUT2D eigenvalue weighted by atomic mass is 10.1. The van der Waals surface area contributed by atoms with E-state index in [1.807, 2.05) is 0 Å². The molecule has 3 aromatic rings. The fourth-order valence-electron chi connectivity index (χ4n) is 2.60. The van der Waals surface area contributed by atoms with Crippen molar-refractivity contribution in [2.24, 2.45) is 0 Å². The fourth-order valence-corrected chi connectivity index (χ4v) is 2.60. The van der Waals surface area contributed by atoms with Crippen molar-refractivity contribution < 1.29 is 22.7 Å². The summed E-state index contributed by atoms with van der Waals surface area (Å²) in [5.41, 5.74) is 1.60. The summed E-state index contributed by atoms with van der Waals surface area (Å²) in [6.07, 6.45) is -1.49. The first-order valence-corrected chi connectivity index (χ1v) is 9.36. The Kier molecular flexibility index (Phi) is 6.88. The van der Waals surface area contributed by atoms with E-state index in [4.69, 9.17) is 4.74 Å². The van der Waals surface area contributed by atoms with Crippen LogP contribution in [0.3, 0.4) is 0 Å². The van der Waals surface area contributed by atoms with Gasteiger partial charge in [0.2, 0.25) is 0 Å². The molecule has 1 aromatic heterocycles. The Morgan fingerprint density at radius 1 is 1.06 bits per heavy atom. The second kappa shape index (κ2) is 9.76. The number of alkyl halides is 3. The van der Waals surface area contributed by atoms with Gasteiger partial charge in [0, 0.05) is 18.3 Å². The molecule has 0 spiro atoms. The van der Waals surface area contributed by atoms with E-state index in [0.717, 1.165) is 17.7 Å². The van der Waals surface area contributed by atoms with E-state index >= 15 is 0 Å². The van der Waals surface area contributed by atoms with Gasteiger partial charge in [0.1, 0.15) is 12.1 Å². The van der Waals surface area contributed by atoms with Crippen molar-refractivity contribution in [1.82, 2.24) is 9.97 Å². The Morgan fingerprint density at radius 2 is 1.77 bits per heavy atom. The zero-order valence-electron chi connectivity index (χ0n) is 16.5. The van der Waals surface area contributed by atoms with E-state index in [1.165, 1.54) is 24.7 Å². The average molecular weight is 425 g/mol. The van der Waals surface area contributed by atoms with E-state index < -0.39 is 11.7 Å². The van der Waals surface area contributed by atoms with Gasteiger partial charge in [-0.1, -0.05) is 24.0 Å². The molecule has 0 fully saturated rings. The highest BCUT2D eigenvalue weighted by Crippen LogP contribution is 2.29. The van der Waals surface area contributed by atoms with Crippen molar-refractivity contribution in [1.29, 1.82) is 0 Å². The maximum Gasteiger partial charge on any atom is 0.416 e. The molecule has 1 N–H and O–H groups in total. The maximum absolute atomic E-state index is 12.7. The Balaban J connectivity index is 1.69. The molecule has 0 bridgehead atoms. The first-order chi connectivity index (χ1) is 14.9. The molecular weight excluding hydrogens is 407 g/mol. The highest BCUT2D eigenvalue weighted by molar-refractivity contribution is 5.89. The van der Waals surface area contributed by atoms with Crippen molar-refractivity contribution in [3.05, 3.63) is 88.9 Å². The number of halogens is 3. The molecule has 0 saturated heterocycles. The predicted molar refractivity (Wildman–Crippen MR) is 109 cm³/mol. The molecule has 0 saturated carbocycles. The molecule has 0 aliphatic heterocycles. The van der Waals surface area contributed by atoms with E-state index in [0.29, 0.717) is 35.7 Å². The number of anilines is 1. The van der Waals surface area contributed by atoms with Crippen molar-refractivity contribution in [3.8, 4) is 11.8 Å². The minimum Gasteiger partial charge on any atom is -0.462 e. The van der Waals surface area contributed by atoms with E-state index in [1.54, 1.807) is 31.2 Å². The Hall–Kier alpha value is -3.86. The molecule has 158 valence electrons. The molecule has 31 heavy (non-hydrogen) atoms. The van der Waals surface area contributed by atoms with Crippen LogP contribution in [0.2, 0.25) is 0 Å². The summed E-state index contributed by atoms with van der Waals surface area (Å²) in [5.74, 6) is 5.82. The smallest absolute Gasteiger partial charge is 0.416 e. The minimum atomic E-state index is -4.38. The van der Waals surface area contributed by atoms with Crippen LogP contribution in [-0.4, -0.2) is 22.5 Å². The van der Waals surface area contributed by atoms with Gasteiger partial charge in [-0.05, 0) is 48.9 Å². The molecule has 1 heterocycles. The number of hydrogen-bond donors (Lipinski definition) is 1. The summed E-state index contributed by atoms with van der Waals surface area (Å²) in [6, 6.07) is 11.6. The Bertz CT molecular complexity index is 1100. The lowest BCUT2D eigenvalue weighted by molar-refractivity contribution is -0.137.